The van der Waals surface area contributed by atoms with Gasteiger partial charge in [-0.1, -0.05) is 25.0 Å². The van der Waals surface area contributed by atoms with Crippen molar-refractivity contribution in [2.45, 2.75) is 83.4 Å². The lowest BCUT2D eigenvalue weighted by Crippen LogP contribution is -2.65. The number of nitrogens with zero attached hydrogens (tertiary/aromatic N) is 4. The minimum Gasteiger partial charge on any atom is -0.378 e. The van der Waals surface area contributed by atoms with Crippen LogP contribution in [0.15, 0.2) is 6.20 Å². The van der Waals surface area contributed by atoms with E-state index in [-0.39, 0.29) is 29.8 Å². The lowest BCUT2D eigenvalue weighted by atomic mass is 9.59. The first-order chi connectivity index (χ1) is 13.7. The van der Waals surface area contributed by atoms with Crippen LogP contribution >= 0.6 is 12.4 Å². The number of carbonyl (C=O) groups is 1. The van der Waals surface area contributed by atoms with Gasteiger partial charge in [-0.2, -0.15) is 0 Å². The molecular weight excluding hydrogens is 390 g/mol. The number of carbonyl (C=O) groups excluding carboxylic acids is 1. The number of piperidine rings is 1. The van der Waals surface area contributed by atoms with E-state index in [1.54, 1.807) is 0 Å². The molecule has 0 aromatic carbocycles. The monoisotopic (exact) mass is 425 g/mol. The van der Waals surface area contributed by atoms with Gasteiger partial charge in [-0.3, -0.25) is 4.79 Å². The van der Waals surface area contributed by atoms with Gasteiger partial charge in [0.05, 0.1) is 18.3 Å². The lowest BCUT2D eigenvalue weighted by molar-refractivity contribution is -0.156. The van der Waals surface area contributed by atoms with Gasteiger partial charge in [-0.15, -0.1) is 17.5 Å². The molecule has 3 aliphatic rings. The molecule has 0 radical (unpaired) electrons. The van der Waals surface area contributed by atoms with Crippen LogP contribution in [0.1, 0.15) is 81.7 Å². The van der Waals surface area contributed by atoms with Gasteiger partial charge in [0.25, 0.3) is 5.91 Å². The molecule has 2 heterocycles. The predicted octanol–water partition coefficient (Wildman–Crippen LogP) is 3.21. The quantitative estimate of drug-likeness (QED) is 0.726. The molecule has 2 unspecified atom stereocenters. The van der Waals surface area contributed by atoms with Crippen LogP contribution in [0.5, 0.6) is 0 Å². The Bertz CT molecular complexity index is 670. The molecule has 8 heteroatoms. The molecule has 29 heavy (non-hydrogen) atoms. The summed E-state index contributed by atoms with van der Waals surface area (Å²) < 4.78 is 7.98. The molecule has 1 N–H and O–H groups in total. The molecule has 1 aromatic heterocycles. The second-order valence-corrected chi connectivity index (χ2v) is 8.70. The standard InChI is InChI=1S/C21H35N5O2.ClH/c1-3-13-25(18-14-19(28-4-2)21(18)9-5-6-10-21)20(27)17-15-26(24-23-17)16-7-11-22-12-8-16;/h15-16,18-19,22H,3-14H2,1-2H3;1H. The first kappa shape index (κ1) is 22.5. The van der Waals surface area contributed by atoms with Gasteiger partial charge in [0, 0.05) is 24.6 Å². The van der Waals surface area contributed by atoms with E-state index in [1.807, 2.05) is 10.9 Å². The summed E-state index contributed by atoms with van der Waals surface area (Å²) in [5.41, 5.74) is 0.659. The van der Waals surface area contributed by atoms with Gasteiger partial charge < -0.3 is 15.0 Å². The minimum absolute atomic E-state index is 0. The van der Waals surface area contributed by atoms with Gasteiger partial charge in [0.15, 0.2) is 5.69 Å². The Balaban J connectivity index is 0.00000240. The number of hydrogen-bond acceptors (Lipinski definition) is 5. The van der Waals surface area contributed by atoms with Crippen LogP contribution in [0.4, 0.5) is 0 Å². The SMILES string of the molecule is CCCN(C(=O)c1cn(C2CCNCC2)nn1)C1CC(OCC)C12CCCC2.Cl. The third kappa shape index (κ3) is 4.19. The highest BCUT2D eigenvalue weighted by Gasteiger charge is 2.59. The zero-order chi connectivity index (χ0) is 19.6. The molecule has 1 aromatic rings. The third-order valence-electron chi connectivity index (χ3n) is 7.16. The fraction of sp³-hybridized carbons (Fsp3) is 0.857. The van der Waals surface area contributed by atoms with E-state index in [9.17, 15) is 4.79 Å². The second-order valence-electron chi connectivity index (χ2n) is 8.70. The highest BCUT2D eigenvalue weighted by atomic mass is 35.5. The van der Waals surface area contributed by atoms with Crippen LogP contribution in [0.3, 0.4) is 0 Å². The zero-order valence-electron chi connectivity index (χ0n) is 17.8. The fourth-order valence-corrected chi connectivity index (χ4v) is 5.70. The van der Waals surface area contributed by atoms with Crippen molar-refractivity contribution < 1.29 is 9.53 Å². The number of ether oxygens (including phenoxy) is 1. The number of nitrogens with one attached hydrogen (secondary N) is 1. The molecule has 1 saturated heterocycles. The normalized spacial score (nSPS) is 26.1. The zero-order valence-corrected chi connectivity index (χ0v) is 18.6. The van der Waals surface area contributed by atoms with Crippen molar-refractivity contribution in [1.82, 2.24) is 25.2 Å². The lowest BCUT2D eigenvalue weighted by Gasteiger charge is -2.57. The second kappa shape index (κ2) is 9.75. The summed E-state index contributed by atoms with van der Waals surface area (Å²) in [7, 11) is 0. The van der Waals surface area contributed by atoms with Gasteiger partial charge in [0.1, 0.15) is 0 Å². The Kier molecular flexibility index (Phi) is 7.57. The van der Waals surface area contributed by atoms with E-state index < -0.39 is 0 Å². The Morgan fingerprint density at radius 2 is 2.03 bits per heavy atom. The summed E-state index contributed by atoms with van der Waals surface area (Å²) in [5.74, 6) is 0.0493. The third-order valence-corrected chi connectivity index (χ3v) is 7.16. The molecule has 2 atom stereocenters. The maximum atomic E-state index is 13.4. The van der Waals surface area contributed by atoms with E-state index in [1.165, 1.54) is 25.7 Å². The maximum absolute atomic E-state index is 13.4. The van der Waals surface area contributed by atoms with Crippen molar-refractivity contribution in [1.29, 1.82) is 0 Å². The minimum atomic E-state index is 0. The predicted molar refractivity (Wildman–Crippen MR) is 114 cm³/mol. The van der Waals surface area contributed by atoms with Crippen molar-refractivity contribution in [3.05, 3.63) is 11.9 Å². The number of amides is 1. The number of aromatic nitrogens is 3. The Hall–Kier alpha value is -1.18. The molecular formula is C21H36ClN5O2. The van der Waals surface area contributed by atoms with E-state index in [4.69, 9.17) is 4.74 Å². The number of rotatable bonds is 7. The average molecular weight is 426 g/mol. The Morgan fingerprint density at radius 1 is 1.31 bits per heavy atom. The molecule has 2 saturated carbocycles. The summed E-state index contributed by atoms with van der Waals surface area (Å²) in [6.45, 7) is 7.75. The van der Waals surface area contributed by atoms with Crippen LogP contribution in [-0.4, -0.2) is 64.2 Å². The van der Waals surface area contributed by atoms with Gasteiger partial charge in [-0.05, 0) is 58.5 Å². The van der Waals surface area contributed by atoms with E-state index >= 15 is 0 Å². The van der Waals surface area contributed by atoms with Crippen LogP contribution in [0.25, 0.3) is 0 Å². The summed E-state index contributed by atoms with van der Waals surface area (Å²) in [6.07, 6.45) is 11.0. The van der Waals surface area contributed by atoms with Crippen molar-refractivity contribution >= 4 is 18.3 Å². The summed E-state index contributed by atoms with van der Waals surface area (Å²) in [6, 6.07) is 0.630. The smallest absolute Gasteiger partial charge is 0.276 e. The van der Waals surface area contributed by atoms with E-state index in [2.05, 4.69) is 34.4 Å². The highest BCUT2D eigenvalue weighted by molar-refractivity contribution is 5.92. The molecule has 1 spiro atoms. The number of halogens is 1. The van der Waals surface area contributed by atoms with Gasteiger partial charge >= 0.3 is 0 Å². The topological polar surface area (TPSA) is 72.3 Å². The van der Waals surface area contributed by atoms with Gasteiger partial charge in [0.2, 0.25) is 0 Å². The molecule has 0 bridgehead atoms. The maximum Gasteiger partial charge on any atom is 0.276 e. The Morgan fingerprint density at radius 3 is 2.69 bits per heavy atom. The van der Waals surface area contributed by atoms with Crippen LogP contribution in [0, 0.1) is 5.41 Å². The summed E-state index contributed by atoms with van der Waals surface area (Å²) >= 11 is 0. The van der Waals surface area contributed by atoms with E-state index in [0.29, 0.717) is 17.8 Å². The largest absolute Gasteiger partial charge is 0.378 e. The molecule has 4 rings (SSSR count). The van der Waals surface area contributed by atoms with Crippen molar-refractivity contribution in [3.8, 4) is 0 Å². The van der Waals surface area contributed by atoms with Crippen LogP contribution in [-0.2, 0) is 4.74 Å². The fourth-order valence-electron chi connectivity index (χ4n) is 5.70. The molecule has 1 amide bonds. The average Bonchev–Trinajstić information content (AvgIpc) is 3.41. The highest BCUT2D eigenvalue weighted by Crippen LogP contribution is 2.56. The first-order valence-corrected chi connectivity index (χ1v) is 11.2. The molecule has 164 valence electrons. The van der Waals surface area contributed by atoms with Crippen LogP contribution < -0.4 is 5.32 Å². The number of hydrogen-bond donors (Lipinski definition) is 1. The Labute approximate surface area is 180 Å². The molecule has 1 aliphatic heterocycles. The summed E-state index contributed by atoms with van der Waals surface area (Å²) in [4.78, 5) is 15.5. The molecule has 7 nitrogen and oxygen atoms in total. The molecule has 3 fully saturated rings. The van der Waals surface area contributed by atoms with Gasteiger partial charge in [-0.25, -0.2) is 4.68 Å². The van der Waals surface area contributed by atoms with Crippen LogP contribution in [0.2, 0.25) is 0 Å². The van der Waals surface area contributed by atoms with Crippen molar-refractivity contribution in [2.75, 3.05) is 26.2 Å². The van der Waals surface area contributed by atoms with Crippen molar-refractivity contribution in [2.24, 2.45) is 5.41 Å². The van der Waals surface area contributed by atoms with Crippen molar-refractivity contribution in [3.63, 3.8) is 0 Å². The molecule has 2 aliphatic carbocycles. The first-order valence-electron chi connectivity index (χ1n) is 11.2. The van der Waals surface area contributed by atoms with E-state index in [0.717, 1.165) is 51.9 Å². The summed E-state index contributed by atoms with van der Waals surface area (Å²) in [5, 5.41) is 12.0.